The number of unbranched alkanes of at least 4 members (excludes halogenated alkanes) is 10. The van der Waals surface area contributed by atoms with Gasteiger partial charge in [-0.15, -0.1) is 0 Å². The number of thiol groups is 2. The van der Waals surface area contributed by atoms with Gasteiger partial charge in [0, 0.05) is 0 Å². The second-order valence-corrected chi connectivity index (χ2v) is 21.9. The van der Waals surface area contributed by atoms with Crippen molar-refractivity contribution in [2.75, 3.05) is 11.5 Å². The molecule has 0 fully saturated rings. The Balaban J connectivity index is 2.28. The molecule has 2 aromatic rings. The first-order valence-electron chi connectivity index (χ1n) is 16.7. The van der Waals surface area contributed by atoms with E-state index >= 15 is 0 Å². The molecule has 0 spiro atoms. The van der Waals surface area contributed by atoms with Crippen molar-refractivity contribution in [3.8, 4) is 0 Å². The molecule has 2 atom stereocenters. The molecular formula is C36H56O4S2Sn. The van der Waals surface area contributed by atoms with E-state index < -0.39 is 19.2 Å². The molecule has 0 aromatic heterocycles. The van der Waals surface area contributed by atoms with Crippen LogP contribution in [0.1, 0.15) is 102 Å². The van der Waals surface area contributed by atoms with Gasteiger partial charge >= 0.3 is 280 Å². The third kappa shape index (κ3) is 15.6. The minimum absolute atomic E-state index is 0.245. The van der Waals surface area contributed by atoms with Gasteiger partial charge in [0.1, 0.15) is 0 Å². The molecule has 7 heteroatoms. The summed E-state index contributed by atoms with van der Waals surface area (Å²) in [4.78, 5) is 27.7. The first-order chi connectivity index (χ1) is 21.0. The van der Waals surface area contributed by atoms with Gasteiger partial charge in [-0.05, 0) is 0 Å². The van der Waals surface area contributed by atoms with Crippen molar-refractivity contribution >= 4 is 56.4 Å². The Morgan fingerprint density at radius 1 is 0.581 bits per heavy atom. The summed E-state index contributed by atoms with van der Waals surface area (Å²) in [6.45, 7) is 4.45. The Morgan fingerprint density at radius 3 is 1.28 bits per heavy atom. The second kappa shape index (κ2) is 23.2. The molecule has 0 saturated heterocycles. The van der Waals surface area contributed by atoms with Gasteiger partial charge in [-0.1, -0.05) is 0 Å². The van der Waals surface area contributed by atoms with Crippen molar-refractivity contribution in [1.82, 2.24) is 0 Å². The van der Waals surface area contributed by atoms with E-state index in [-0.39, 0.29) is 23.8 Å². The minimum atomic E-state index is -4.21. The zero-order chi connectivity index (χ0) is 31.2. The van der Waals surface area contributed by atoms with E-state index in [9.17, 15) is 9.59 Å². The number of benzene rings is 2. The predicted octanol–water partition coefficient (Wildman–Crippen LogP) is 9.81. The SMILES string of the molecule is CCCCCCC[CH2][Sn]([CH2]CCCCCCC)([O]C(=O)C(CS)Cc1ccccc1)[O]C(=O)C(CS)Cc1ccccc1. The molecule has 2 aromatic carbocycles. The van der Waals surface area contributed by atoms with Crippen molar-refractivity contribution in [2.24, 2.45) is 11.8 Å². The van der Waals surface area contributed by atoms with Crippen LogP contribution < -0.4 is 0 Å². The van der Waals surface area contributed by atoms with Crippen LogP contribution in [0.4, 0.5) is 0 Å². The first kappa shape index (κ1) is 38.1. The normalized spacial score (nSPS) is 12.9. The van der Waals surface area contributed by atoms with Gasteiger partial charge in [0.05, 0.1) is 0 Å². The van der Waals surface area contributed by atoms with Crippen LogP contribution in [0, 0.1) is 11.8 Å². The van der Waals surface area contributed by atoms with Crippen molar-refractivity contribution in [2.45, 2.75) is 113 Å². The van der Waals surface area contributed by atoms with Crippen molar-refractivity contribution in [1.29, 1.82) is 0 Å². The van der Waals surface area contributed by atoms with Gasteiger partial charge in [0.2, 0.25) is 0 Å². The zero-order valence-electron chi connectivity index (χ0n) is 26.7. The zero-order valence-corrected chi connectivity index (χ0v) is 31.3. The molecule has 0 radical (unpaired) electrons. The van der Waals surface area contributed by atoms with E-state index in [4.69, 9.17) is 6.15 Å². The van der Waals surface area contributed by atoms with Gasteiger partial charge in [-0.3, -0.25) is 0 Å². The Morgan fingerprint density at radius 2 is 0.930 bits per heavy atom. The summed E-state index contributed by atoms with van der Waals surface area (Å²) in [6, 6.07) is 20.1. The maximum absolute atomic E-state index is 13.8. The summed E-state index contributed by atoms with van der Waals surface area (Å²) in [5, 5.41) is 0. The van der Waals surface area contributed by atoms with Gasteiger partial charge in [-0.2, -0.15) is 0 Å². The fourth-order valence-corrected chi connectivity index (χ4v) is 15.6. The Hall–Kier alpha value is -1.12. The monoisotopic (exact) mass is 736 g/mol. The molecule has 2 unspecified atom stereocenters. The van der Waals surface area contributed by atoms with Crippen LogP contribution in [0.2, 0.25) is 8.87 Å². The number of carbonyl (C=O) groups excluding carboxylic acids is 2. The van der Waals surface area contributed by atoms with Crippen LogP contribution in [0.3, 0.4) is 0 Å². The van der Waals surface area contributed by atoms with E-state index in [0.29, 0.717) is 24.3 Å². The number of carbonyl (C=O) groups is 2. The van der Waals surface area contributed by atoms with Crippen LogP contribution in [-0.4, -0.2) is 42.6 Å². The molecule has 4 nitrogen and oxygen atoms in total. The summed E-state index contributed by atoms with van der Waals surface area (Å²) in [5.41, 5.74) is 2.17. The van der Waals surface area contributed by atoms with Crippen molar-refractivity contribution < 1.29 is 15.7 Å². The fraction of sp³-hybridized carbons (Fsp3) is 0.611. The van der Waals surface area contributed by atoms with Crippen molar-refractivity contribution in [3.63, 3.8) is 0 Å². The molecule has 0 heterocycles. The molecule has 0 N–H and O–H groups in total. The third-order valence-corrected chi connectivity index (χ3v) is 18.7. The second-order valence-electron chi connectivity index (χ2n) is 11.9. The number of rotatable bonds is 24. The molecular weight excluding hydrogens is 679 g/mol. The van der Waals surface area contributed by atoms with Gasteiger partial charge < -0.3 is 0 Å². The number of hydrogen-bond donors (Lipinski definition) is 2. The van der Waals surface area contributed by atoms with Gasteiger partial charge in [-0.25, -0.2) is 0 Å². The topological polar surface area (TPSA) is 52.6 Å². The van der Waals surface area contributed by atoms with Gasteiger partial charge in [0.25, 0.3) is 0 Å². The molecule has 0 aliphatic carbocycles. The Kier molecular flexibility index (Phi) is 20.6. The molecule has 0 bridgehead atoms. The van der Waals surface area contributed by atoms with E-state index in [1.165, 1.54) is 38.5 Å². The molecule has 0 amide bonds. The average Bonchev–Trinajstić information content (AvgIpc) is 3.03. The quantitative estimate of drug-likeness (QED) is 0.0641. The van der Waals surface area contributed by atoms with E-state index in [1.54, 1.807) is 0 Å². The average molecular weight is 736 g/mol. The molecule has 0 saturated carbocycles. The van der Waals surface area contributed by atoms with E-state index in [2.05, 4.69) is 39.1 Å². The predicted molar refractivity (Wildman–Crippen MR) is 189 cm³/mol. The van der Waals surface area contributed by atoms with Crippen LogP contribution in [0.5, 0.6) is 0 Å². The van der Waals surface area contributed by atoms with Crippen molar-refractivity contribution in [3.05, 3.63) is 71.8 Å². The van der Waals surface area contributed by atoms with E-state index in [1.807, 2.05) is 60.7 Å². The van der Waals surface area contributed by atoms with E-state index in [0.717, 1.165) is 58.5 Å². The summed E-state index contributed by atoms with van der Waals surface area (Å²) < 4.78 is 14.6. The summed E-state index contributed by atoms with van der Waals surface area (Å²) in [5.74, 6) is -0.454. The maximum atomic E-state index is 13.8. The number of hydrogen-bond acceptors (Lipinski definition) is 6. The molecule has 0 aliphatic rings. The van der Waals surface area contributed by atoms with Crippen LogP contribution in [0.25, 0.3) is 0 Å². The Bertz CT molecular complexity index is 923. The summed E-state index contributed by atoms with van der Waals surface area (Å²) in [7, 11) is 0. The summed E-state index contributed by atoms with van der Waals surface area (Å²) in [6.07, 6.45) is 14.8. The van der Waals surface area contributed by atoms with Gasteiger partial charge in [0.15, 0.2) is 0 Å². The summed E-state index contributed by atoms with van der Waals surface area (Å²) >= 11 is 4.89. The van der Waals surface area contributed by atoms with Crippen LogP contribution in [0.15, 0.2) is 60.7 Å². The molecule has 2 rings (SSSR count). The van der Waals surface area contributed by atoms with Crippen LogP contribution >= 0.6 is 25.3 Å². The molecule has 240 valence electrons. The Labute approximate surface area is 278 Å². The first-order valence-corrected chi connectivity index (χ1v) is 24.3. The molecule has 43 heavy (non-hydrogen) atoms. The fourth-order valence-electron chi connectivity index (χ4n) is 5.47. The third-order valence-electron chi connectivity index (χ3n) is 8.15. The van der Waals surface area contributed by atoms with Crippen LogP contribution in [-0.2, 0) is 28.6 Å². The standard InChI is InChI=1S/2C10H12O2S.2C8H17.Sn/c2*11-10(12)9(7-13)6-8-4-2-1-3-5-8;2*1-3-5-7-8-6-4-2;/h2*1-5,9,13H,6-7H2,(H,11,12);2*1,3-8H2,2H3;/q;;;;+2/p-2. The molecule has 0 aliphatic heterocycles.